The van der Waals surface area contributed by atoms with Gasteiger partial charge in [-0.25, -0.2) is 0 Å². The molecule has 2 N–H and O–H groups in total. The fourth-order valence-electron chi connectivity index (χ4n) is 2.90. The minimum Gasteiger partial charge on any atom is -0.469 e. The van der Waals surface area contributed by atoms with E-state index in [1.54, 1.807) is 6.26 Å². The molecule has 0 amide bonds. The molecular weight excluding hydrogens is 421 g/mol. The van der Waals surface area contributed by atoms with Crippen LogP contribution in [0.5, 0.6) is 0 Å². The second-order valence-electron chi connectivity index (χ2n) is 6.19. The van der Waals surface area contributed by atoms with E-state index in [0.29, 0.717) is 12.0 Å². The van der Waals surface area contributed by atoms with Crippen molar-refractivity contribution in [1.29, 1.82) is 0 Å². The third kappa shape index (κ3) is 6.60. The summed E-state index contributed by atoms with van der Waals surface area (Å²) in [6, 6.07) is 3.91. The van der Waals surface area contributed by atoms with Gasteiger partial charge in [-0.2, -0.15) is 0 Å². The molecule has 0 spiro atoms. The van der Waals surface area contributed by atoms with Gasteiger partial charge in [0.15, 0.2) is 5.96 Å². The number of halogens is 1. The van der Waals surface area contributed by atoms with Crippen molar-refractivity contribution in [2.45, 2.75) is 31.8 Å². The normalized spacial score (nSPS) is 23.9. The molecule has 0 aromatic carbocycles. The second kappa shape index (κ2) is 10.9. The molecule has 0 bridgehead atoms. The SMILES string of the molecule is I.c1coc(CCNC(=NCC2CCOC2)NCC2CCCO2)c1. The highest BCUT2D eigenvalue weighted by molar-refractivity contribution is 14.0. The van der Waals surface area contributed by atoms with Crippen LogP contribution in [0.3, 0.4) is 0 Å². The maximum absolute atomic E-state index is 5.66. The minimum atomic E-state index is 0. The lowest BCUT2D eigenvalue weighted by molar-refractivity contribution is 0.113. The summed E-state index contributed by atoms with van der Waals surface area (Å²) < 4.78 is 16.4. The average molecular weight is 449 g/mol. The average Bonchev–Trinajstić information content (AvgIpc) is 3.33. The zero-order valence-electron chi connectivity index (χ0n) is 14.0. The summed E-state index contributed by atoms with van der Waals surface area (Å²) in [7, 11) is 0. The second-order valence-corrected chi connectivity index (χ2v) is 6.19. The van der Waals surface area contributed by atoms with Gasteiger partial charge < -0.3 is 24.5 Å². The largest absolute Gasteiger partial charge is 0.469 e. The number of guanidine groups is 1. The highest BCUT2D eigenvalue weighted by Crippen LogP contribution is 2.12. The third-order valence-electron chi connectivity index (χ3n) is 4.30. The van der Waals surface area contributed by atoms with E-state index in [1.165, 1.54) is 0 Å². The van der Waals surface area contributed by atoms with Crippen molar-refractivity contribution in [2.75, 3.05) is 39.5 Å². The Bertz CT molecular complexity index is 469. The lowest BCUT2D eigenvalue weighted by atomic mass is 10.1. The Kier molecular flexibility index (Phi) is 8.90. The van der Waals surface area contributed by atoms with Crippen LogP contribution in [0.4, 0.5) is 0 Å². The van der Waals surface area contributed by atoms with Gasteiger partial charge in [0.05, 0.1) is 19.0 Å². The number of nitrogens with one attached hydrogen (secondary N) is 2. The van der Waals surface area contributed by atoms with Crippen LogP contribution >= 0.6 is 24.0 Å². The van der Waals surface area contributed by atoms with Crippen LogP contribution < -0.4 is 10.6 Å². The van der Waals surface area contributed by atoms with Crippen LogP contribution in [-0.2, 0) is 15.9 Å². The molecule has 0 radical (unpaired) electrons. The van der Waals surface area contributed by atoms with Gasteiger partial charge in [-0.1, -0.05) is 0 Å². The first-order valence-corrected chi connectivity index (χ1v) is 8.64. The molecule has 24 heavy (non-hydrogen) atoms. The third-order valence-corrected chi connectivity index (χ3v) is 4.30. The molecule has 7 heteroatoms. The quantitative estimate of drug-likeness (QED) is 0.380. The first-order valence-electron chi connectivity index (χ1n) is 8.64. The molecule has 2 saturated heterocycles. The molecule has 2 unspecified atom stereocenters. The van der Waals surface area contributed by atoms with Gasteiger partial charge in [-0.05, 0) is 31.4 Å². The van der Waals surface area contributed by atoms with Gasteiger partial charge in [-0.3, -0.25) is 4.99 Å². The Hall–Kier alpha value is -0.800. The molecule has 2 fully saturated rings. The molecule has 2 atom stereocenters. The lowest BCUT2D eigenvalue weighted by Crippen LogP contribution is -2.42. The summed E-state index contributed by atoms with van der Waals surface area (Å²) in [5.41, 5.74) is 0. The summed E-state index contributed by atoms with van der Waals surface area (Å²) in [6.07, 6.45) is 6.25. The summed E-state index contributed by atoms with van der Waals surface area (Å²) in [5.74, 6) is 2.39. The van der Waals surface area contributed by atoms with Crippen molar-refractivity contribution in [1.82, 2.24) is 10.6 Å². The number of furan rings is 1. The minimum absolute atomic E-state index is 0. The number of rotatable bonds is 7. The Balaban J connectivity index is 0.00000208. The van der Waals surface area contributed by atoms with Crippen molar-refractivity contribution < 1.29 is 13.9 Å². The molecule has 6 nitrogen and oxygen atoms in total. The molecule has 1 aromatic rings. The van der Waals surface area contributed by atoms with Crippen LogP contribution in [0.25, 0.3) is 0 Å². The summed E-state index contributed by atoms with van der Waals surface area (Å²) >= 11 is 0. The molecule has 3 heterocycles. The van der Waals surface area contributed by atoms with Gasteiger partial charge in [0.1, 0.15) is 5.76 Å². The summed E-state index contributed by atoms with van der Waals surface area (Å²) in [6.45, 7) is 4.99. The Morgan fingerprint density at radius 1 is 1.25 bits per heavy atom. The van der Waals surface area contributed by atoms with Crippen LogP contribution in [0.15, 0.2) is 27.8 Å². The maximum Gasteiger partial charge on any atom is 0.191 e. The summed E-state index contributed by atoms with van der Waals surface area (Å²) in [4.78, 5) is 4.71. The monoisotopic (exact) mass is 449 g/mol. The highest BCUT2D eigenvalue weighted by atomic mass is 127. The van der Waals surface area contributed by atoms with E-state index in [0.717, 1.165) is 76.9 Å². The van der Waals surface area contributed by atoms with Crippen molar-refractivity contribution in [3.05, 3.63) is 24.2 Å². The number of hydrogen-bond donors (Lipinski definition) is 2. The smallest absolute Gasteiger partial charge is 0.191 e. The Morgan fingerprint density at radius 3 is 2.92 bits per heavy atom. The van der Waals surface area contributed by atoms with Crippen LogP contribution in [0, 0.1) is 5.92 Å². The molecular formula is C17H28IN3O3. The van der Waals surface area contributed by atoms with E-state index >= 15 is 0 Å². The highest BCUT2D eigenvalue weighted by Gasteiger charge is 2.17. The first-order chi connectivity index (χ1) is 11.4. The number of aliphatic imine (C=N–C) groups is 1. The maximum atomic E-state index is 5.66. The van der Waals surface area contributed by atoms with E-state index < -0.39 is 0 Å². The lowest BCUT2D eigenvalue weighted by Gasteiger charge is -2.16. The van der Waals surface area contributed by atoms with Gasteiger partial charge in [0.2, 0.25) is 0 Å². The molecule has 0 aliphatic carbocycles. The van der Waals surface area contributed by atoms with Crippen molar-refractivity contribution in [2.24, 2.45) is 10.9 Å². The molecule has 1 aromatic heterocycles. The van der Waals surface area contributed by atoms with Gasteiger partial charge in [-0.15, -0.1) is 24.0 Å². The fraction of sp³-hybridized carbons (Fsp3) is 0.706. The predicted molar refractivity (Wildman–Crippen MR) is 104 cm³/mol. The van der Waals surface area contributed by atoms with Crippen molar-refractivity contribution in [3.63, 3.8) is 0 Å². The van der Waals surface area contributed by atoms with Gasteiger partial charge >= 0.3 is 0 Å². The van der Waals surface area contributed by atoms with Crippen LogP contribution in [0.2, 0.25) is 0 Å². The fourth-order valence-corrected chi connectivity index (χ4v) is 2.90. The molecule has 3 rings (SSSR count). The molecule has 2 aliphatic rings. The van der Waals surface area contributed by atoms with Crippen molar-refractivity contribution in [3.8, 4) is 0 Å². The number of ether oxygens (including phenoxy) is 2. The van der Waals surface area contributed by atoms with E-state index in [4.69, 9.17) is 18.9 Å². The predicted octanol–water partition coefficient (Wildman–Crippen LogP) is 2.19. The zero-order valence-corrected chi connectivity index (χ0v) is 16.4. The van der Waals surface area contributed by atoms with Crippen LogP contribution in [-0.4, -0.2) is 51.5 Å². The van der Waals surface area contributed by atoms with E-state index in [2.05, 4.69) is 10.6 Å². The topological polar surface area (TPSA) is 68.0 Å². The molecule has 2 aliphatic heterocycles. The van der Waals surface area contributed by atoms with Gasteiger partial charge in [0.25, 0.3) is 0 Å². The number of hydrogen-bond acceptors (Lipinski definition) is 4. The zero-order chi connectivity index (χ0) is 15.7. The number of nitrogens with zero attached hydrogens (tertiary/aromatic N) is 1. The van der Waals surface area contributed by atoms with Gasteiger partial charge in [0, 0.05) is 45.2 Å². The Morgan fingerprint density at radius 2 is 2.21 bits per heavy atom. The Labute approximate surface area is 160 Å². The molecule has 136 valence electrons. The van der Waals surface area contributed by atoms with E-state index in [9.17, 15) is 0 Å². The standard InChI is InChI=1S/C17H27N3O3.HI/c1-3-15(22-8-1)5-7-18-17(19-11-14-6-10-21-13-14)20-12-16-4-2-9-23-16;/h1,3,8,14,16H,2,4-7,9-13H2,(H2,18,19,20);1H. The summed E-state index contributed by atoms with van der Waals surface area (Å²) in [5, 5.41) is 6.80. The van der Waals surface area contributed by atoms with E-state index in [1.807, 2.05) is 12.1 Å². The van der Waals surface area contributed by atoms with Crippen molar-refractivity contribution >= 4 is 29.9 Å². The molecule has 0 saturated carbocycles. The van der Waals surface area contributed by atoms with Crippen LogP contribution in [0.1, 0.15) is 25.0 Å². The van der Waals surface area contributed by atoms with E-state index in [-0.39, 0.29) is 24.0 Å². The first kappa shape index (κ1) is 19.5.